The van der Waals surface area contributed by atoms with Gasteiger partial charge in [-0.1, -0.05) is 18.2 Å². The number of carbonyl (C=O) groups excluding carboxylic acids is 1. The summed E-state index contributed by atoms with van der Waals surface area (Å²) in [6, 6.07) is 6.50. The van der Waals surface area contributed by atoms with Crippen LogP contribution in [0.5, 0.6) is 0 Å². The summed E-state index contributed by atoms with van der Waals surface area (Å²) in [5.74, 6) is 0.124. The molecule has 0 aromatic heterocycles. The lowest BCUT2D eigenvalue weighted by atomic mass is 10.2. The highest BCUT2D eigenvalue weighted by molar-refractivity contribution is 8.00. The molecule has 0 aliphatic carbocycles. The molecule has 2 rings (SSSR count). The van der Waals surface area contributed by atoms with Gasteiger partial charge in [0.25, 0.3) is 0 Å². The van der Waals surface area contributed by atoms with Crippen LogP contribution in [0.3, 0.4) is 0 Å². The third kappa shape index (κ3) is 1.67. The van der Waals surface area contributed by atoms with Crippen molar-refractivity contribution in [2.75, 3.05) is 5.75 Å². The third-order valence-corrected chi connectivity index (χ3v) is 2.99. The molecular formula is C9H8FNOS. The molecule has 1 saturated heterocycles. The van der Waals surface area contributed by atoms with E-state index in [1.54, 1.807) is 18.2 Å². The first kappa shape index (κ1) is 8.56. The molecule has 0 radical (unpaired) electrons. The highest BCUT2D eigenvalue weighted by Gasteiger charge is 2.24. The molecule has 0 bridgehead atoms. The summed E-state index contributed by atoms with van der Waals surface area (Å²) in [5.41, 5.74) is 0.554. The first-order valence-corrected chi connectivity index (χ1v) is 4.97. The summed E-state index contributed by atoms with van der Waals surface area (Å²) in [6.45, 7) is 0. The average molecular weight is 197 g/mol. The fourth-order valence-electron chi connectivity index (χ4n) is 1.24. The van der Waals surface area contributed by atoms with Crippen molar-refractivity contribution in [1.82, 2.24) is 5.32 Å². The van der Waals surface area contributed by atoms with Gasteiger partial charge in [-0.05, 0) is 6.07 Å². The minimum absolute atomic E-state index is 0.0294. The van der Waals surface area contributed by atoms with Crippen molar-refractivity contribution >= 4 is 17.7 Å². The van der Waals surface area contributed by atoms with Gasteiger partial charge in [0, 0.05) is 5.56 Å². The molecule has 2 nitrogen and oxygen atoms in total. The van der Waals surface area contributed by atoms with Gasteiger partial charge in [0.05, 0.1) is 5.75 Å². The Balaban J connectivity index is 2.26. The maximum Gasteiger partial charge on any atom is 0.231 e. The van der Waals surface area contributed by atoms with E-state index >= 15 is 0 Å². The zero-order valence-corrected chi connectivity index (χ0v) is 7.60. The van der Waals surface area contributed by atoms with E-state index < -0.39 is 0 Å². The van der Waals surface area contributed by atoms with Crippen LogP contribution in [0.4, 0.5) is 4.39 Å². The molecule has 1 N–H and O–H groups in total. The van der Waals surface area contributed by atoms with Crippen LogP contribution in [0.15, 0.2) is 24.3 Å². The first-order chi connectivity index (χ1) is 6.27. The van der Waals surface area contributed by atoms with Crippen LogP contribution in [0.25, 0.3) is 0 Å². The molecule has 1 aromatic carbocycles. The molecule has 13 heavy (non-hydrogen) atoms. The predicted molar refractivity (Wildman–Crippen MR) is 49.7 cm³/mol. The molecule has 0 spiro atoms. The van der Waals surface area contributed by atoms with E-state index in [1.165, 1.54) is 17.8 Å². The largest absolute Gasteiger partial charge is 0.339 e. The van der Waals surface area contributed by atoms with E-state index in [0.717, 1.165) is 0 Å². The van der Waals surface area contributed by atoms with Gasteiger partial charge < -0.3 is 5.32 Å². The number of thioether (sulfide) groups is 1. The van der Waals surface area contributed by atoms with Crippen molar-refractivity contribution < 1.29 is 9.18 Å². The quantitative estimate of drug-likeness (QED) is 0.742. The van der Waals surface area contributed by atoms with E-state index in [-0.39, 0.29) is 17.1 Å². The number of benzene rings is 1. The van der Waals surface area contributed by atoms with Crippen molar-refractivity contribution in [2.24, 2.45) is 0 Å². The standard InChI is InChI=1S/C9H8FNOS/c10-7-4-2-1-3-6(7)9-11-8(12)5-13-9/h1-4,9H,5H2,(H,11,12)/t9-/m1/s1. The lowest BCUT2D eigenvalue weighted by Gasteiger charge is -2.09. The van der Waals surface area contributed by atoms with E-state index in [0.29, 0.717) is 11.3 Å². The minimum atomic E-state index is -0.262. The molecular weight excluding hydrogens is 189 g/mol. The normalized spacial score (nSPS) is 21.6. The number of hydrogen-bond donors (Lipinski definition) is 1. The van der Waals surface area contributed by atoms with Crippen molar-refractivity contribution in [1.29, 1.82) is 0 Å². The van der Waals surface area contributed by atoms with E-state index in [4.69, 9.17) is 0 Å². The van der Waals surface area contributed by atoms with Crippen LogP contribution in [0.2, 0.25) is 0 Å². The maximum atomic E-state index is 13.2. The molecule has 1 atom stereocenters. The molecule has 1 aromatic rings. The Morgan fingerprint density at radius 3 is 2.85 bits per heavy atom. The lowest BCUT2D eigenvalue weighted by molar-refractivity contribution is -0.118. The number of carbonyl (C=O) groups is 1. The fraction of sp³-hybridized carbons (Fsp3) is 0.222. The van der Waals surface area contributed by atoms with Gasteiger partial charge in [0.1, 0.15) is 11.2 Å². The van der Waals surface area contributed by atoms with Gasteiger partial charge >= 0.3 is 0 Å². The Bertz CT molecular complexity index is 342. The predicted octanol–water partition coefficient (Wildman–Crippen LogP) is 1.69. The smallest absolute Gasteiger partial charge is 0.231 e. The van der Waals surface area contributed by atoms with Crippen molar-refractivity contribution in [3.8, 4) is 0 Å². The summed E-state index contributed by atoms with van der Waals surface area (Å²) >= 11 is 1.42. The highest BCUT2D eigenvalue weighted by Crippen LogP contribution is 2.31. The first-order valence-electron chi connectivity index (χ1n) is 3.93. The third-order valence-electron chi connectivity index (χ3n) is 1.86. The number of halogens is 1. The molecule has 4 heteroatoms. The van der Waals surface area contributed by atoms with Gasteiger partial charge in [0.15, 0.2) is 0 Å². The van der Waals surface area contributed by atoms with Crippen LogP contribution in [-0.2, 0) is 4.79 Å². The molecule has 68 valence electrons. The van der Waals surface area contributed by atoms with Gasteiger partial charge in [-0.3, -0.25) is 4.79 Å². The Hall–Kier alpha value is -1.03. The summed E-state index contributed by atoms with van der Waals surface area (Å²) in [7, 11) is 0. The highest BCUT2D eigenvalue weighted by atomic mass is 32.2. The zero-order chi connectivity index (χ0) is 9.26. The fourth-order valence-corrected chi connectivity index (χ4v) is 2.23. The van der Waals surface area contributed by atoms with Gasteiger partial charge in [0.2, 0.25) is 5.91 Å². The molecule has 1 fully saturated rings. The minimum Gasteiger partial charge on any atom is -0.339 e. The van der Waals surface area contributed by atoms with Crippen molar-refractivity contribution in [3.63, 3.8) is 0 Å². The second-order valence-electron chi connectivity index (χ2n) is 2.78. The molecule has 0 saturated carbocycles. The second-order valence-corrected chi connectivity index (χ2v) is 3.87. The second kappa shape index (κ2) is 3.38. The number of hydrogen-bond acceptors (Lipinski definition) is 2. The molecule has 1 heterocycles. The number of nitrogens with one attached hydrogen (secondary N) is 1. The lowest BCUT2D eigenvalue weighted by Crippen LogP contribution is -2.19. The SMILES string of the molecule is O=C1CS[C@H](c2ccccc2F)N1. The van der Waals surface area contributed by atoms with E-state index in [1.807, 2.05) is 0 Å². The van der Waals surface area contributed by atoms with Gasteiger partial charge in [-0.15, -0.1) is 11.8 Å². The Labute approximate surface area is 79.5 Å². The van der Waals surface area contributed by atoms with Crippen LogP contribution < -0.4 is 5.32 Å². The molecule has 0 unspecified atom stereocenters. The van der Waals surface area contributed by atoms with Gasteiger partial charge in [-0.25, -0.2) is 4.39 Å². The Kier molecular flexibility index (Phi) is 2.22. The molecule has 1 amide bonds. The summed E-state index contributed by atoms with van der Waals surface area (Å²) in [5, 5.41) is 2.48. The Morgan fingerprint density at radius 2 is 2.23 bits per heavy atom. The topological polar surface area (TPSA) is 29.1 Å². The Morgan fingerprint density at radius 1 is 1.46 bits per heavy atom. The summed E-state index contributed by atoms with van der Waals surface area (Å²) in [6.07, 6.45) is 0. The van der Waals surface area contributed by atoms with Crippen LogP contribution in [0.1, 0.15) is 10.9 Å². The molecule has 1 aliphatic heterocycles. The average Bonchev–Trinajstić information content (AvgIpc) is 2.53. The maximum absolute atomic E-state index is 13.2. The van der Waals surface area contributed by atoms with E-state index in [9.17, 15) is 9.18 Å². The van der Waals surface area contributed by atoms with Crippen molar-refractivity contribution in [3.05, 3.63) is 35.6 Å². The number of amides is 1. The van der Waals surface area contributed by atoms with E-state index in [2.05, 4.69) is 5.32 Å². The van der Waals surface area contributed by atoms with Crippen LogP contribution in [0, 0.1) is 5.82 Å². The van der Waals surface area contributed by atoms with Gasteiger partial charge in [-0.2, -0.15) is 0 Å². The monoisotopic (exact) mass is 197 g/mol. The molecule has 1 aliphatic rings. The summed E-state index contributed by atoms with van der Waals surface area (Å²) in [4.78, 5) is 10.9. The summed E-state index contributed by atoms with van der Waals surface area (Å²) < 4.78 is 13.2. The zero-order valence-electron chi connectivity index (χ0n) is 6.79. The van der Waals surface area contributed by atoms with Crippen LogP contribution >= 0.6 is 11.8 Å². The van der Waals surface area contributed by atoms with Crippen molar-refractivity contribution in [2.45, 2.75) is 5.37 Å². The number of rotatable bonds is 1. The van der Waals surface area contributed by atoms with Crippen LogP contribution in [-0.4, -0.2) is 11.7 Å².